The van der Waals surface area contributed by atoms with E-state index in [1.54, 1.807) is 0 Å². The van der Waals surface area contributed by atoms with Crippen LogP contribution in [0.1, 0.15) is 240 Å². The minimum absolute atomic E-state index is 0.139. The summed E-state index contributed by atoms with van der Waals surface area (Å²) < 4.78 is 0. The van der Waals surface area contributed by atoms with E-state index in [4.69, 9.17) is 30.6 Å². The van der Waals surface area contributed by atoms with Gasteiger partial charge in [0.15, 0.2) is 0 Å². The topological polar surface area (TPSA) is 190 Å². The summed E-state index contributed by atoms with van der Waals surface area (Å²) in [5, 5.41) is 49.4. The maximum atomic E-state index is 10.1. The van der Waals surface area contributed by atoms with Crippen LogP contribution in [0.15, 0.2) is 0 Å². The molecule has 0 rings (SSSR count). The molecule has 1 atom stereocenters. The van der Waals surface area contributed by atoms with Crippen molar-refractivity contribution >= 4 is 23.9 Å². The lowest BCUT2D eigenvalue weighted by Crippen LogP contribution is -2.03. The Morgan fingerprint density at radius 2 is 0.472 bits per heavy atom. The molecule has 0 aromatic carbocycles. The van der Waals surface area contributed by atoms with Gasteiger partial charge in [-0.3, -0.25) is 19.2 Å². The van der Waals surface area contributed by atoms with Crippen LogP contribution in [0.3, 0.4) is 0 Å². The summed E-state index contributed by atoms with van der Waals surface area (Å²) in [6, 6.07) is 0. The zero-order valence-electron chi connectivity index (χ0n) is 35.2. The van der Waals surface area contributed by atoms with Gasteiger partial charge in [-0.2, -0.15) is 0 Å². The molecule has 0 bridgehead atoms. The molecule has 0 heterocycles. The molecule has 320 valence electrons. The molecule has 0 spiro atoms. The van der Waals surface area contributed by atoms with Gasteiger partial charge >= 0.3 is 23.9 Å². The van der Waals surface area contributed by atoms with E-state index in [-0.39, 0.29) is 6.61 Å². The highest BCUT2D eigenvalue weighted by Gasteiger charge is 1.98. The fraction of sp³-hybridized carbons (Fsp3) is 0.907. The van der Waals surface area contributed by atoms with Crippen LogP contribution >= 0.6 is 0 Å². The van der Waals surface area contributed by atoms with Crippen molar-refractivity contribution in [2.45, 2.75) is 246 Å². The smallest absolute Gasteiger partial charge is 0.303 e. The van der Waals surface area contributed by atoms with Crippen molar-refractivity contribution in [2.24, 2.45) is 0 Å². The summed E-state index contributed by atoms with van der Waals surface area (Å²) in [5.74, 6) is -2.65. The number of carboxylic acid groups (broad SMARTS) is 4. The first-order valence-corrected chi connectivity index (χ1v) is 21.5. The number of hydrogen-bond donors (Lipinski definition) is 6. The molecular formula is C43H88O10. The molecule has 10 heteroatoms. The Morgan fingerprint density at radius 3 is 0.585 bits per heavy atom. The van der Waals surface area contributed by atoms with Gasteiger partial charge in [0.2, 0.25) is 0 Å². The lowest BCUT2D eigenvalue weighted by molar-refractivity contribution is -0.138. The van der Waals surface area contributed by atoms with Gasteiger partial charge in [0, 0.05) is 25.7 Å². The van der Waals surface area contributed by atoms with Crippen LogP contribution < -0.4 is 0 Å². The van der Waals surface area contributed by atoms with Crippen LogP contribution in [0.2, 0.25) is 0 Å². The summed E-state index contributed by atoms with van der Waals surface area (Å²) >= 11 is 0. The first kappa shape index (κ1) is 60.1. The number of carboxylic acids is 4. The lowest BCUT2D eigenvalue weighted by Gasteiger charge is -1.98. The van der Waals surface area contributed by atoms with Gasteiger partial charge in [0.05, 0.1) is 12.7 Å². The van der Waals surface area contributed by atoms with E-state index in [9.17, 15) is 19.2 Å². The van der Waals surface area contributed by atoms with E-state index in [0.29, 0.717) is 25.7 Å². The number of aliphatic carboxylic acids is 4. The van der Waals surface area contributed by atoms with E-state index in [2.05, 4.69) is 27.7 Å². The number of rotatable bonds is 33. The molecule has 0 saturated carbocycles. The van der Waals surface area contributed by atoms with Crippen LogP contribution in [-0.2, 0) is 19.2 Å². The molecule has 0 amide bonds. The highest BCUT2D eigenvalue weighted by molar-refractivity contribution is 5.67. The quantitative estimate of drug-likeness (QED) is 0.0351. The number of unbranched alkanes of at least 4 members (excludes halogenated alkanes) is 24. The van der Waals surface area contributed by atoms with E-state index >= 15 is 0 Å². The fourth-order valence-corrected chi connectivity index (χ4v) is 4.93. The normalized spacial score (nSPS) is 10.5. The molecule has 10 nitrogen and oxygen atoms in total. The molecule has 0 radical (unpaired) electrons. The van der Waals surface area contributed by atoms with Gasteiger partial charge in [-0.25, -0.2) is 0 Å². The van der Waals surface area contributed by atoms with Crippen LogP contribution in [0.4, 0.5) is 0 Å². The second kappa shape index (κ2) is 56.5. The van der Waals surface area contributed by atoms with E-state index in [0.717, 1.165) is 51.4 Å². The van der Waals surface area contributed by atoms with Crippen molar-refractivity contribution in [3.05, 3.63) is 0 Å². The minimum atomic E-state index is -0.663. The standard InChI is InChI=1S/4C10H20O2.C3H8O2/c4*1-2-3-4-5-6-7-8-9-10(11)12;1-3(5)2-4/h4*2-9H2,1H3,(H,11,12);3-5H,2H2,1H3. The Kier molecular flexibility index (Phi) is 64.1. The third-order valence-electron chi connectivity index (χ3n) is 8.24. The number of aliphatic hydroxyl groups excluding tert-OH is 2. The Bertz CT molecular complexity index is 616. The summed E-state index contributed by atoms with van der Waals surface area (Å²) in [4.78, 5) is 40.5. The zero-order chi connectivity index (χ0) is 41.2. The summed E-state index contributed by atoms with van der Waals surface area (Å²) in [6.45, 7) is 10.2. The molecule has 0 aliphatic carbocycles. The highest BCUT2D eigenvalue weighted by atomic mass is 16.4. The highest BCUT2D eigenvalue weighted by Crippen LogP contribution is 2.10. The van der Waals surface area contributed by atoms with Crippen LogP contribution in [0.5, 0.6) is 0 Å². The van der Waals surface area contributed by atoms with Gasteiger partial charge in [-0.15, -0.1) is 0 Å². The average Bonchev–Trinajstić information content (AvgIpc) is 3.10. The summed E-state index contributed by atoms with van der Waals surface area (Å²) in [5.41, 5.74) is 0. The summed E-state index contributed by atoms with van der Waals surface area (Å²) in [6.07, 6.45) is 34.0. The van der Waals surface area contributed by atoms with E-state index in [1.165, 1.54) is 135 Å². The molecular weight excluding hydrogens is 676 g/mol. The molecule has 0 fully saturated rings. The van der Waals surface area contributed by atoms with Crippen molar-refractivity contribution in [3.8, 4) is 0 Å². The predicted octanol–water partition coefficient (Wildman–Crippen LogP) is 12.2. The van der Waals surface area contributed by atoms with Gasteiger partial charge in [-0.1, -0.05) is 182 Å². The third kappa shape index (κ3) is 88.8. The summed E-state index contributed by atoms with van der Waals surface area (Å²) in [7, 11) is 0. The molecule has 6 N–H and O–H groups in total. The maximum absolute atomic E-state index is 10.1. The zero-order valence-corrected chi connectivity index (χ0v) is 35.2. The van der Waals surface area contributed by atoms with Crippen molar-refractivity contribution < 1.29 is 49.8 Å². The van der Waals surface area contributed by atoms with Crippen molar-refractivity contribution in [2.75, 3.05) is 6.61 Å². The van der Waals surface area contributed by atoms with E-state index in [1.807, 2.05) is 0 Å². The van der Waals surface area contributed by atoms with E-state index < -0.39 is 30.0 Å². The predicted molar refractivity (Wildman–Crippen MR) is 220 cm³/mol. The largest absolute Gasteiger partial charge is 0.481 e. The third-order valence-corrected chi connectivity index (χ3v) is 8.24. The van der Waals surface area contributed by atoms with Crippen molar-refractivity contribution in [1.82, 2.24) is 0 Å². The average molecular weight is 765 g/mol. The SMILES string of the molecule is CC(O)CO.CCCCCCCCCC(=O)O.CCCCCCCCCC(=O)O.CCCCCCCCCC(=O)O.CCCCCCCCCC(=O)O. The molecule has 0 aliphatic rings. The first-order chi connectivity index (χ1) is 25.4. The monoisotopic (exact) mass is 765 g/mol. The van der Waals surface area contributed by atoms with Gasteiger partial charge in [0.1, 0.15) is 0 Å². The molecule has 0 aromatic heterocycles. The lowest BCUT2D eigenvalue weighted by atomic mass is 10.1. The Balaban J connectivity index is -0.000000185. The molecule has 0 saturated heterocycles. The fourth-order valence-electron chi connectivity index (χ4n) is 4.93. The Hall–Kier alpha value is -2.20. The molecule has 53 heavy (non-hydrogen) atoms. The van der Waals surface area contributed by atoms with Crippen LogP contribution in [0.25, 0.3) is 0 Å². The Labute approximate surface area is 326 Å². The number of aliphatic hydroxyl groups is 2. The Morgan fingerprint density at radius 1 is 0.340 bits per heavy atom. The number of hydrogen-bond acceptors (Lipinski definition) is 6. The van der Waals surface area contributed by atoms with Gasteiger partial charge < -0.3 is 30.6 Å². The van der Waals surface area contributed by atoms with Gasteiger partial charge in [0.25, 0.3) is 0 Å². The number of carbonyl (C=O) groups is 4. The second-order valence-corrected chi connectivity index (χ2v) is 14.1. The van der Waals surface area contributed by atoms with Crippen molar-refractivity contribution in [3.63, 3.8) is 0 Å². The second-order valence-electron chi connectivity index (χ2n) is 14.1. The molecule has 0 aliphatic heterocycles. The van der Waals surface area contributed by atoms with Crippen molar-refractivity contribution in [1.29, 1.82) is 0 Å². The first-order valence-electron chi connectivity index (χ1n) is 21.5. The van der Waals surface area contributed by atoms with Crippen LogP contribution in [0, 0.1) is 0 Å². The maximum Gasteiger partial charge on any atom is 0.303 e. The van der Waals surface area contributed by atoms with Crippen LogP contribution in [-0.4, -0.2) is 67.2 Å². The van der Waals surface area contributed by atoms with Gasteiger partial charge in [-0.05, 0) is 32.6 Å². The minimum Gasteiger partial charge on any atom is -0.481 e. The molecule has 0 aromatic rings. The molecule has 1 unspecified atom stereocenters.